The summed E-state index contributed by atoms with van der Waals surface area (Å²) in [6.07, 6.45) is 2.87. The summed E-state index contributed by atoms with van der Waals surface area (Å²) in [4.78, 5) is 0. The predicted molar refractivity (Wildman–Crippen MR) is 63.9 cm³/mol. The highest BCUT2D eigenvalue weighted by Crippen LogP contribution is 2.29. The van der Waals surface area contributed by atoms with Crippen LogP contribution in [0.2, 0.25) is 0 Å². The van der Waals surface area contributed by atoms with Gasteiger partial charge in [-0.05, 0) is 49.9 Å². The maximum absolute atomic E-state index is 13.7. The molecule has 1 atom stereocenters. The molecule has 2 rings (SSSR count). The van der Waals surface area contributed by atoms with Crippen molar-refractivity contribution >= 4 is 0 Å². The largest absolute Gasteiger partial charge is 0.505 e. The lowest BCUT2D eigenvalue weighted by Crippen LogP contribution is -2.31. The van der Waals surface area contributed by atoms with E-state index in [1.54, 1.807) is 6.07 Å². The van der Waals surface area contributed by atoms with Gasteiger partial charge >= 0.3 is 0 Å². The van der Waals surface area contributed by atoms with Gasteiger partial charge in [0.1, 0.15) is 5.75 Å². The molecular weight excluding hydrogens is 221 g/mol. The maximum Gasteiger partial charge on any atom is 0.168 e. The molecule has 17 heavy (non-hydrogen) atoms. The summed E-state index contributed by atoms with van der Waals surface area (Å²) in [7, 11) is 1.51. The van der Waals surface area contributed by atoms with Crippen molar-refractivity contribution in [3.8, 4) is 11.5 Å². The van der Waals surface area contributed by atoms with E-state index in [-0.39, 0.29) is 5.75 Å². The monoisotopic (exact) mass is 239 g/mol. The minimum atomic E-state index is -0.517. The highest BCUT2D eigenvalue weighted by Gasteiger charge is 2.18. The van der Waals surface area contributed by atoms with Crippen molar-refractivity contribution in [2.75, 3.05) is 20.2 Å². The molecule has 1 fully saturated rings. The van der Waals surface area contributed by atoms with E-state index in [9.17, 15) is 9.50 Å². The van der Waals surface area contributed by atoms with Gasteiger partial charge < -0.3 is 15.2 Å². The first-order chi connectivity index (χ1) is 8.20. The Morgan fingerprint density at radius 1 is 1.53 bits per heavy atom. The summed E-state index contributed by atoms with van der Waals surface area (Å²) in [5.41, 5.74) is 0.538. The molecule has 3 nitrogen and oxygen atoms in total. The van der Waals surface area contributed by atoms with E-state index in [2.05, 4.69) is 5.32 Å². The average Bonchev–Trinajstić information content (AvgIpc) is 2.36. The van der Waals surface area contributed by atoms with Gasteiger partial charge in [-0.3, -0.25) is 0 Å². The van der Waals surface area contributed by atoms with Gasteiger partial charge in [0.05, 0.1) is 7.11 Å². The zero-order valence-corrected chi connectivity index (χ0v) is 10.0. The van der Waals surface area contributed by atoms with Crippen LogP contribution in [0.15, 0.2) is 12.1 Å². The lowest BCUT2D eigenvalue weighted by Gasteiger charge is -2.23. The molecule has 1 heterocycles. The first-order valence-corrected chi connectivity index (χ1v) is 5.97. The van der Waals surface area contributed by atoms with E-state index in [1.165, 1.54) is 13.2 Å². The first kappa shape index (κ1) is 12.2. The lowest BCUT2D eigenvalue weighted by molar-refractivity contribution is 0.363. The molecule has 1 saturated heterocycles. The number of phenolic OH excluding ortho intramolecular Hbond substituents is 1. The molecule has 0 spiro atoms. The van der Waals surface area contributed by atoms with Crippen molar-refractivity contribution in [3.05, 3.63) is 23.5 Å². The number of ether oxygens (including phenoxy) is 1. The lowest BCUT2D eigenvalue weighted by atomic mass is 9.92. The van der Waals surface area contributed by atoms with Gasteiger partial charge in [0, 0.05) is 6.07 Å². The zero-order valence-electron chi connectivity index (χ0n) is 10.0. The molecule has 0 amide bonds. The van der Waals surface area contributed by atoms with Gasteiger partial charge in [0.2, 0.25) is 0 Å². The molecule has 1 unspecified atom stereocenters. The fourth-order valence-corrected chi connectivity index (χ4v) is 2.31. The number of hydrogen-bond donors (Lipinski definition) is 2. The number of methoxy groups -OCH3 is 1. The highest BCUT2D eigenvalue weighted by molar-refractivity contribution is 5.39. The molecule has 1 aliphatic heterocycles. The van der Waals surface area contributed by atoms with Crippen LogP contribution in [-0.2, 0) is 6.42 Å². The van der Waals surface area contributed by atoms with Crippen LogP contribution in [0.3, 0.4) is 0 Å². The van der Waals surface area contributed by atoms with E-state index in [4.69, 9.17) is 4.74 Å². The van der Waals surface area contributed by atoms with Gasteiger partial charge in [-0.25, -0.2) is 4.39 Å². The molecule has 4 heteroatoms. The number of aromatic hydroxyl groups is 1. The van der Waals surface area contributed by atoms with Gasteiger partial charge in [-0.15, -0.1) is 0 Å². The minimum Gasteiger partial charge on any atom is -0.505 e. The maximum atomic E-state index is 13.7. The fourth-order valence-electron chi connectivity index (χ4n) is 2.31. The van der Waals surface area contributed by atoms with Gasteiger partial charge in [-0.1, -0.05) is 0 Å². The Morgan fingerprint density at radius 2 is 2.35 bits per heavy atom. The second kappa shape index (κ2) is 5.36. The van der Waals surface area contributed by atoms with E-state index in [0.29, 0.717) is 23.7 Å². The second-order valence-corrected chi connectivity index (χ2v) is 4.54. The standard InChI is InChI=1S/C13H18FNO2/c1-17-11-6-10(13(14)12(16)7-11)5-9-3-2-4-15-8-9/h6-7,9,15-16H,2-5,8H2,1H3. The van der Waals surface area contributed by atoms with E-state index in [1.807, 2.05) is 0 Å². The number of halogens is 1. The second-order valence-electron chi connectivity index (χ2n) is 4.54. The van der Waals surface area contributed by atoms with Crippen molar-refractivity contribution in [3.63, 3.8) is 0 Å². The number of hydrogen-bond acceptors (Lipinski definition) is 3. The third-order valence-electron chi connectivity index (χ3n) is 3.25. The molecule has 1 aromatic rings. The Bertz CT molecular complexity index is 389. The normalized spacial score (nSPS) is 20.2. The summed E-state index contributed by atoms with van der Waals surface area (Å²) in [5.74, 6) is 0.0897. The van der Waals surface area contributed by atoms with Crippen LogP contribution in [0, 0.1) is 11.7 Å². The van der Waals surface area contributed by atoms with Gasteiger partial charge in [-0.2, -0.15) is 0 Å². The van der Waals surface area contributed by atoms with Crippen molar-refractivity contribution in [1.82, 2.24) is 5.32 Å². The van der Waals surface area contributed by atoms with Crippen LogP contribution in [-0.4, -0.2) is 25.3 Å². The van der Waals surface area contributed by atoms with Crippen LogP contribution in [0.4, 0.5) is 4.39 Å². The topological polar surface area (TPSA) is 41.5 Å². The molecule has 1 aromatic carbocycles. The number of nitrogens with one attached hydrogen (secondary N) is 1. The molecule has 0 aliphatic carbocycles. The van der Waals surface area contributed by atoms with Crippen LogP contribution < -0.4 is 10.1 Å². The van der Waals surface area contributed by atoms with Crippen LogP contribution in [0.25, 0.3) is 0 Å². The van der Waals surface area contributed by atoms with E-state index >= 15 is 0 Å². The zero-order chi connectivity index (χ0) is 12.3. The van der Waals surface area contributed by atoms with Gasteiger partial charge in [0.15, 0.2) is 11.6 Å². The summed E-state index contributed by atoms with van der Waals surface area (Å²) in [6, 6.07) is 2.97. The molecule has 0 bridgehead atoms. The van der Waals surface area contributed by atoms with Crippen molar-refractivity contribution < 1.29 is 14.2 Å². The number of phenols is 1. The molecule has 1 aliphatic rings. The molecule has 94 valence electrons. The van der Waals surface area contributed by atoms with E-state index in [0.717, 1.165) is 25.9 Å². The number of rotatable bonds is 3. The Kier molecular flexibility index (Phi) is 3.84. The quantitative estimate of drug-likeness (QED) is 0.848. The summed E-state index contributed by atoms with van der Waals surface area (Å²) in [6.45, 7) is 1.96. The molecule has 0 aromatic heterocycles. The van der Waals surface area contributed by atoms with Crippen LogP contribution >= 0.6 is 0 Å². The van der Waals surface area contributed by atoms with Crippen molar-refractivity contribution in [2.45, 2.75) is 19.3 Å². The molecule has 0 radical (unpaired) electrons. The summed E-state index contributed by atoms with van der Waals surface area (Å²) in [5, 5.41) is 12.8. The Balaban J connectivity index is 2.15. The molecule has 0 saturated carbocycles. The van der Waals surface area contributed by atoms with Gasteiger partial charge in [0.25, 0.3) is 0 Å². The number of piperidine rings is 1. The predicted octanol–water partition coefficient (Wildman–Crippen LogP) is 2.08. The SMILES string of the molecule is COc1cc(O)c(F)c(CC2CCCNC2)c1. The Hall–Kier alpha value is -1.29. The van der Waals surface area contributed by atoms with E-state index < -0.39 is 5.82 Å². The first-order valence-electron chi connectivity index (χ1n) is 5.97. The average molecular weight is 239 g/mol. The highest BCUT2D eigenvalue weighted by atomic mass is 19.1. The smallest absolute Gasteiger partial charge is 0.168 e. The molecule has 2 N–H and O–H groups in total. The third-order valence-corrected chi connectivity index (χ3v) is 3.25. The van der Waals surface area contributed by atoms with Crippen LogP contribution in [0.1, 0.15) is 18.4 Å². The molecular formula is C13H18FNO2. The Labute approximate surface area is 101 Å². The third kappa shape index (κ3) is 2.88. The minimum absolute atomic E-state index is 0.330. The Morgan fingerprint density at radius 3 is 3.00 bits per heavy atom. The van der Waals surface area contributed by atoms with Crippen LogP contribution in [0.5, 0.6) is 11.5 Å². The number of benzene rings is 1. The summed E-state index contributed by atoms with van der Waals surface area (Å²) >= 11 is 0. The van der Waals surface area contributed by atoms with Crippen molar-refractivity contribution in [1.29, 1.82) is 0 Å². The fraction of sp³-hybridized carbons (Fsp3) is 0.538. The summed E-state index contributed by atoms with van der Waals surface area (Å²) < 4.78 is 18.8. The van der Waals surface area contributed by atoms with Crippen molar-refractivity contribution in [2.24, 2.45) is 5.92 Å².